The Morgan fingerprint density at radius 1 is 1.29 bits per heavy atom. The molecule has 1 aromatic heterocycles. The summed E-state index contributed by atoms with van der Waals surface area (Å²) in [4.78, 5) is 16.3. The van der Waals surface area contributed by atoms with Crippen molar-refractivity contribution in [3.8, 4) is 27.6 Å². The van der Waals surface area contributed by atoms with E-state index >= 15 is 0 Å². The number of benzene rings is 2. The van der Waals surface area contributed by atoms with E-state index in [1.165, 1.54) is 0 Å². The molecular weight excluding hydrogens is 322 g/mol. The van der Waals surface area contributed by atoms with Crippen molar-refractivity contribution in [2.75, 3.05) is 17.7 Å². The first kappa shape index (κ1) is 14.7. The molecule has 3 N–H and O–H groups in total. The van der Waals surface area contributed by atoms with Crippen molar-refractivity contribution in [2.45, 2.75) is 6.92 Å². The number of anilines is 2. The number of hydrogen-bond acceptors (Lipinski definition) is 5. The van der Waals surface area contributed by atoms with E-state index in [1.807, 2.05) is 48.7 Å². The lowest BCUT2D eigenvalue weighted by atomic mass is 10.0. The number of carbonyl (C=O) groups is 1. The van der Waals surface area contributed by atoms with Gasteiger partial charge in [-0.25, -0.2) is 4.98 Å². The van der Waals surface area contributed by atoms with Gasteiger partial charge in [0.1, 0.15) is 10.8 Å². The first-order valence-electron chi connectivity index (χ1n) is 7.50. The number of nitrogens with two attached hydrogens (primary N) is 1. The monoisotopic (exact) mass is 337 g/mol. The molecule has 0 spiro atoms. The summed E-state index contributed by atoms with van der Waals surface area (Å²) in [6.07, 6.45) is 0. The Labute approximate surface area is 143 Å². The maximum Gasteiger partial charge on any atom is 0.262 e. The largest absolute Gasteiger partial charge is 0.482 e. The highest BCUT2D eigenvalue weighted by atomic mass is 32.1. The first-order valence-corrected chi connectivity index (χ1v) is 8.38. The molecule has 0 aliphatic carbocycles. The van der Waals surface area contributed by atoms with E-state index < -0.39 is 0 Å². The van der Waals surface area contributed by atoms with E-state index in [0.717, 1.165) is 33.1 Å². The molecule has 1 amide bonds. The number of fused-ring (bicyclic) bond motifs is 1. The summed E-state index contributed by atoms with van der Waals surface area (Å²) in [5.41, 5.74) is 11.1. The van der Waals surface area contributed by atoms with Crippen LogP contribution in [-0.2, 0) is 4.79 Å². The van der Waals surface area contributed by atoms with Crippen LogP contribution >= 0.6 is 11.3 Å². The molecule has 1 aliphatic rings. The second kappa shape index (κ2) is 5.65. The molecule has 0 radical (unpaired) electrons. The number of aromatic nitrogens is 1. The Morgan fingerprint density at radius 3 is 3.00 bits per heavy atom. The number of nitrogen functional groups attached to an aromatic ring is 1. The molecule has 6 heteroatoms. The molecule has 5 nitrogen and oxygen atoms in total. The molecule has 24 heavy (non-hydrogen) atoms. The third kappa shape index (κ3) is 2.51. The lowest BCUT2D eigenvalue weighted by Crippen LogP contribution is -2.26. The van der Waals surface area contributed by atoms with Crippen molar-refractivity contribution in [2.24, 2.45) is 0 Å². The van der Waals surface area contributed by atoms with Crippen LogP contribution in [0, 0.1) is 6.92 Å². The van der Waals surface area contributed by atoms with E-state index in [-0.39, 0.29) is 12.5 Å². The number of carbonyl (C=O) groups excluding carboxylic acids is 1. The second-order valence-electron chi connectivity index (χ2n) is 5.61. The SMILES string of the molecule is Cc1c(-c2csc(-c3cccc(N)c3)n2)ccc2c1NC(=O)CO2. The highest BCUT2D eigenvalue weighted by Gasteiger charge is 2.20. The van der Waals surface area contributed by atoms with Gasteiger partial charge in [0, 0.05) is 22.2 Å². The number of rotatable bonds is 2. The smallest absolute Gasteiger partial charge is 0.262 e. The molecule has 1 aliphatic heterocycles. The van der Waals surface area contributed by atoms with Crippen molar-refractivity contribution in [1.29, 1.82) is 0 Å². The van der Waals surface area contributed by atoms with E-state index in [1.54, 1.807) is 11.3 Å². The molecule has 0 unspecified atom stereocenters. The summed E-state index contributed by atoms with van der Waals surface area (Å²) in [6.45, 7) is 2.02. The predicted octanol–water partition coefficient (Wildman–Crippen LogP) is 3.70. The number of thiazole rings is 1. The number of nitrogens with one attached hydrogen (secondary N) is 1. The lowest BCUT2D eigenvalue weighted by Gasteiger charge is -2.21. The minimum Gasteiger partial charge on any atom is -0.482 e. The van der Waals surface area contributed by atoms with Gasteiger partial charge < -0.3 is 15.8 Å². The van der Waals surface area contributed by atoms with Gasteiger partial charge >= 0.3 is 0 Å². The van der Waals surface area contributed by atoms with Crippen LogP contribution in [0.4, 0.5) is 11.4 Å². The molecule has 120 valence electrons. The van der Waals surface area contributed by atoms with Gasteiger partial charge in [-0.15, -0.1) is 11.3 Å². The van der Waals surface area contributed by atoms with Crippen LogP contribution in [0.3, 0.4) is 0 Å². The molecule has 0 saturated carbocycles. The van der Waals surface area contributed by atoms with Crippen molar-refractivity contribution < 1.29 is 9.53 Å². The topological polar surface area (TPSA) is 77.2 Å². The summed E-state index contributed by atoms with van der Waals surface area (Å²) >= 11 is 1.57. The minimum atomic E-state index is -0.138. The fourth-order valence-electron chi connectivity index (χ4n) is 2.76. The highest BCUT2D eigenvalue weighted by molar-refractivity contribution is 7.13. The maximum absolute atomic E-state index is 11.6. The Balaban J connectivity index is 1.75. The number of hydrogen-bond donors (Lipinski definition) is 2. The van der Waals surface area contributed by atoms with Crippen LogP contribution in [0.1, 0.15) is 5.56 Å². The van der Waals surface area contributed by atoms with E-state index in [4.69, 9.17) is 15.5 Å². The molecule has 0 atom stereocenters. The Hall–Kier alpha value is -2.86. The molecule has 2 aromatic carbocycles. The molecular formula is C18H15N3O2S. The van der Waals surface area contributed by atoms with Gasteiger partial charge in [-0.1, -0.05) is 12.1 Å². The molecule has 3 aromatic rings. The summed E-state index contributed by atoms with van der Waals surface area (Å²) in [5.74, 6) is 0.559. The zero-order chi connectivity index (χ0) is 16.7. The van der Waals surface area contributed by atoms with E-state index in [0.29, 0.717) is 11.4 Å². The molecule has 4 rings (SSSR count). The Kier molecular flexibility index (Phi) is 3.46. The van der Waals surface area contributed by atoms with Gasteiger partial charge in [0.25, 0.3) is 5.91 Å². The zero-order valence-electron chi connectivity index (χ0n) is 13.0. The van der Waals surface area contributed by atoms with Crippen molar-refractivity contribution in [1.82, 2.24) is 4.98 Å². The molecule has 2 heterocycles. The van der Waals surface area contributed by atoms with Gasteiger partial charge in [-0.05, 0) is 36.8 Å². The summed E-state index contributed by atoms with van der Waals surface area (Å²) < 4.78 is 5.45. The van der Waals surface area contributed by atoms with Gasteiger partial charge in [0.15, 0.2) is 6.61 Å². The Bertz CT molecular complexity index is 949. The first-order chi connectivity index (χ1) is 11.6. The summed E-state index contributed by atoms with van der Waals surface area (Å²) in [5, 5.41) is 5.80. The van der Waals surface area contributed by atoms with Crippen LogP contribution in [0.15, 0.2) is 41.8 Å². The van der Waals surface area contributed by atoms with Gasteiger partial charge in [0.2, 0.25) is 0 Å². The van der Waals surface area contributed by atoms with Crippen LogP contribution < -0.4 is 15.8 Å². The van der Waals surface area contributed by atoms with E-state index in [9.17, 15) is 4.79 Å². The molecule has 0 bridgehead atoms. The second-order valence-corrected chi connectivity index (χ2v) is 6.47. The zero-order valence-corrected chi connectivity index (χ0v) is 13.8. The van der Waals surface area contributed by atoms with Crippen molar-refractivity contribution in [3.05, 3.63) is 47.3 Å². The fourth-order valence-corrected chi connectivity index (χ4v) is 3.58. The van der Waals surface area contributed by atoms with Gasteiger partial charge in [-0.3, -0.25) is 4.79 Å². The van der Waals surface area contributed by atoms with Crippen LogP contribution in [0.5, 0.6) is 5.75 Å². The van der Waals surface area contributed by atoms with Crippen molar-refractivity contribution in [3.63, 3.8) is 0 Å². The quantitative estimate of drug-likeness (QED) is 0.699. The third-order valence-electron chi connectivity index (χ3n) is 3.96. The average molecular weight is 337 g/mol. The van der Waals surface area contributed by atoms with Gasteiger partial charge in [0.05, 0.1) is 11.4 Å². The summed E-state index contributed by atoms with van der Waals surface area (Å²) in [6, 6.07) is 11.5. The lowest BCUT2D eigenvalue weighted by molar-refractivity contribution is -0.118. The average Bonchev–Trinajstić information content (AvgIpc) is 3.05. The van der Waals surface area contributed by atoms with Crippen LogP contribution in [0.25, 0.3) is 21.8 Å². The maximum atomic E-state index is 11.6. The normalized spacial score (nSPS) is 13.1. The number of nitrogens with zero attached hydrogens (tertiary/aromatic N) is 1. The summed E-state index contributed by atoms with van der Waals surface area (Å²) in [7, 11) is 0. The highest BCUT2D eigenvalue weighted by Crippen LogP contribution is 2.38. The third-order valence-corrected chi connectivity index (χ3v) is 4.86. The molecule has 0 saturated heterocycles. The van der Waals surface area contributed by atoms with Crippen LogP contribution in [0.2, 0.25) is 0 Å². The van der Waals surface area contributed by atoms with Crippen molar-refractivity contribution >= 4 is 28.6 Å². The standard InChI is InChI=1S/C18H15N3O2S/c1-10-13(5-6-15-17(10)21-16(22)8-23-15)14-9-24-18(20-14)11-3-2-4-12(19)7-11/h2-7,9H,8,19H2,1H3,(H,21,22). The fraction of sp³-hybridized carbons (Fsp3) is 0.111. The van der Waals surface area contributed by atoms with E-state index in [2.05, 4.69) is 5.32 Å². The van der Waals surface area contributed by atoms with Crippen LogP contribution in [-0.4, -0.2) is 17.5 Å². The van der Waals surface area contributed by atoms with Gasteiger partial charge in [-0.2, -0.15) is 0 Å². The predicted molar refractivity (Wildman–Crippen MR) is 96.3 cm³/mol. The minimum absolute atomic E-state index is 0.0576. The molecule has 0 fully saturated rings. The Morgan fingerprint density at radius 2 is 2.17 bits per heavy atom. The number of ether oxygens (including phenoxy) is 1. The number of amides is 1.